The lowest BCUT2D eigenvalue weighted by molar-refractivity contribution is 0.245. The van der Waals surface area contributed by atoms with Gasteiger partial charge in [0.2, 0.25) is 0 Å². The van der Waals surface area contributed by atoms with E-state index in [2.05, 4.69) is 16.0 Å². The highest BCUT2D eigenvalue weighted by Gasteiger charge is 2.13. The van der Waals surface area contributed by atoms with Crippen LogP contribution in [0.4, 0.5) is 4.39 Å². The minimum absolute atomic E-state index is 0.0364. The third-order valence-corrected chi connectivity index (χ3v) is 5.54. The molecule has 4 aromatic rings. The molecule has 0 fully saturated rings. The van der Waals surface area contributed by atoms with Crippen molar-refractivity contribution in [2.24, 2.45) is 14.1 Å². The lowest BCUT2D eigenvalue weighted by atomic mass is 10.1. The summed E-state index contributed by atoms with van der Waals surface area (Å²) in [6, 6.07) is 13.0. The van der Waals surface area contributed by atoms with Crippen molar-refractivity contribution in [2.45, 2.75) is 26.1 Å². The van der Waals surface area contributed by atoms with Crippen LogP contribution in [0.3, 0.4) is 0 Å². The molecule has 2 aromatic heterocycles. The number of rotatable bonds is 8. The number of aromatic nitrogens is 4. The molecule has 0 aliphatic carbocycles. The van der Waals surface area contributed by atoms with Crippen LogP contribution < -0.4 is 5.69 Å². The van der Waals surface area contributed by atoms with Crippen molar-refractivity contribution in [3.8, 4) is 0 Å². The molecule has 0 spiro atoms. The number of aryl methyl sites for hydroxylation is 3. The maximum absolute atomic E-state index is 14.3. The van der Waals surface area contributed by atoms with Crippen LogP contribution in [0.1, 0.15) is 17.5 Å². The lowest BCUT2D eigenvalue weighted by Gasteiger charge is -2.23. The van der Waals surface area contributed by atoms with E-state index >= 15 is 0 Å². The Morgan fingerprint density at radius 3 is 2.60 bits per heavy atom. The number of imidazole rings is 2. The normalized spacial score (nSPS) is 11.6. The van der Waals surface area contributed by atoms with Gasteiger partial charge >= 0.3 is 5.69 Å². The fraction of sp³-hybridized carbons (Fsp3) is 0.304. The van der Waals surface area contributed by atoms with Crippen LogP contribution >= 0.6 is 0 Å². The first-order chi connectivity index (χ1) is 14.5. The van der Waals surface area contributed by atoms with E-state index in [4.69, 9.17) is 0 Å². The molecule has 0 amide bonds. The molecule has 156 valence electrons. The highest BCUT2D eigenvalue weighted by molar-refractivity contribution is 5.76. The number of benzene rings is 2. The first kappa shape index (κ1) is 20.1. The fourth-order valence-electron chi connectivity index (χ4n) is 3.89. The third-order valence-electron chi connectivity index (χ3n) is 5.54. The van der Waals surface area contributed by atoms with E-state index < -0.39 is 0 Å². The molecule has 0 saturated heterocycles. The predicted octanol–water partition coefficient (Wildman–Crippen LogP) is 3.31. The summed E-state index contributed by atoms with van der Waals surface area (Å²) in [7, 11) is 3.57. The van der Waals surface area contributed by atoms with Gasteiger partial charge in [0.25, 0.3) is 0 Å². The number of fused-ring (bicyclic) bond motifs is 1. The Balaban J connectivity index is 1.55. The van der Waals surface area contributed by atoms with Crippen LogP contribution in [0.25, 0.3) is 11.0 Å². The summed E-state index contributed by atoms with van der Waals surface area (Å²) in [5.74, 6) is -0.182. The minimum Gasteiger partial charge on any atom is -0.337 e. The van der Waals surface area contributed by atoms with E-state index in [1.807, 2.05) is 41.4 Å². The average molecular weight is 407 g/mol. The molecule has 0 radical (unpaired) electrons. The topological polar surface area (TPSA) is 48.0 Å². The summed E-state index contributed by atoms with van der Waals surface area (Å²) < 4.78 is 19.6. The number of halogens is 1. The van der Waals surface area contributed by atoms with Crippen molar-refractivity contribution in [2.75, 3.05) is 6.54 Å². The van der Waals surface area contributed by atoms with E-state index in [1.165, 1.54) is 6.07 Å². The van der Waals surface area contributed by atoms with Gasteiger partial charge in [-0.2, -0.15) is 0 Å². The molecular weight excluding hydrogens is 381 g/mol. The molecule has 0 bridgehead atoms. The zero-order valence-corrected chi connectivity index (χ0v) is 17.3. The smallest absolute Gasteiger partial charge is 0.328 e. The van der Waals surface area contributed by atoms with E-state index in [-0.39, 0.29) is 11.5 Å². The second-order valence-electron chi connectivity index (χ2n) is 7.68. The van der Waals surface area contributed by atoms with E-state index in [1.54, 1.807) is 35.5 Å². The zero-order valence-electron chi connectivity index (χ0n) is 17.3. The second-order valence-corrected chi connectivity index (χ2v) is 7.68. The molecule has 0 aliphatic rings. The van der Waals surface area contributed by atoms with Gasteiger partial charge in [0.15, 0.2) is 0 Å². The number of nitrogens with zero attached hydrogens (tertiary/aromatic N) is 5. The van der Waals surface area contributed by atoms with Gasteiger partial charge in [-0.1, -0.05) is 24.3 Å². The Morgan fingerprint density at radius 1 is 1.03 bits per heavy atom. The Bertz CT molecular complexity index is 1190. The van der Waals surface area contributed by atoms with Crippen molar-refractivity contribution >= 4 is 11.0 Å². The standard InChI is InChI=1S/C23H26FN5O/c1-26-21-9-8-18(14-22(21)27(2)23(26)30)15-29(12-5-11-28-13-10-25-17-28)16-19-6-3-4-7-20(19)24/h3-4,6-10,13-14,17H,5,11-12,15-16H2,1-2H3. The van der Waals surface area contributed by atoms with Gasteiger partial charge in [0.05, 0.1) is 17.4 Å². The number of hydrogen-bond donors (Lipinski definition) is 0. The van der Waals surface area contributed by atoms with Crippen LogP contribution in [-0.4, -0.2) is 30.1 Å². The minimum atomic E-state index is -0.182. The molecule has 7 heteroatoms. The summed E-state index contributed by atoms with van der Waals surface area (Å²) in [5, 5.41) is 0. The quantitative estimate of drug-likeness (QED) is 0.450. The molecule has 2 heterocycles. The Kier molecular flexibility index (Phi) is 5.81. The Hall–Kier alpha value is -3.19. The highest BCUT2D eigenvalue weighted by Crippen LogP contribution is 2.18. The molecule has 6 nitrogen and oxygen atoms in total. The van der Waals surface area contributed by atoms with Gasteiger partial charge in [-0.25, -0.2) is 14.2 Å². The summed E-state index contributed by atoms with van der Waals surface area (Å²) >= 11 is 0. The summed E-state index contributed by atoms with van der Waals surface area (Å²) in [6.45, 7) is 2.89. The Labute approximate surface area is 174 Å². The highest BCUT2D eigenvalue weighted by atomic mass is 19.1. The van der Waals surface area contributed by atoms with Crippen LogP contribution in [0, 0.1) is 5.82 Å². The monoisotopic (exact) mass is 407 g/mol. The SMILES string of the molecule is Cn1c(=O)n(C)c2cc(CN(CCCn3ccnc3)Cc3ccccc3F)ccc21. The van der Waals surface area contributed by atoms with Gasteiger partial charge in [0.1, 0.15) is 5.82 Å². The van der Waals surface area contributed by atoms with Crippen LogP contribution in [0.2, 0.25) is 0 Å². The molecule has 2 aromatic carbocycles. The first-order valence-electron chi connectivity index (χ1n) is 10.1. The van der Waals surface area contributed by atoms with E-state index in [9.17, 15) is 9.18 Å². The predicted molar refractivity (Wildman–Crippen MR) is 116 cm³/mol. The fourth-order valence-corrected chi connectivity index (χ4v) is 3.89. The zero-order chi connectivity index (χ0) is 21.1. The van der Waals surface area contributed by atoms with Crippen molar-refractivity contribution in [3.63, 3.8) is 0 Å². The van der Waals surface area contributed by atoms with Crippen molar-refractivity contribution in [1.29, 1.82) is 0 Å². The van der Waals surface area contributed by atoms with Crippen LogP contribution in [0.5, 0.6) is 0 Å². The molecule has 30 heavy (non-hydrogen) atoms. The molecule has 0 unspecified atom stereocenters. The van der Waals surface area contributed by atoms with Crippen molar-refractivity contribution in [3.05, 3.63) is 88.6 Å². The summed E-state index contributed by atoms with van der Waals surface area (Å²) in [6.07, 6.45) is 6.46. The third kappa shape index (κ3) is 4.21. The van der Waals surface area contributed by atoms with E-state index in [0.717, 1.165) is 36.1 Å². The summed E-state index contributed by atoms with van der Waals surface area (Å²) in [5.41, 5.74) is 3.57. The second kappa shape index (κ2) is 8.67. The first-order valence-corrected chi connectivity index (χ1v) is 10.1. The summed E-state index contributed by atoms with van der Waals surface area (Å²) in [4.78, 5) is 18.6. The molecule has 0 atom stereocenters. The molecule has 0 saturated carbocycles. The van der Waals surface area contributed by atoms with Crippen LogP contribution in [-0.2, 0) is 33.7 Å². The van der Waals surface area contributed by atoms with Gasteiger partial charge < -0.3 is 4.57 Å². The Morgan fingerprint density at radius 2 is 1.83 bits per heavy atom. The van der Waals surface area contributed by atoms with E-state index in [0.29, 0.717) is 18.7 Å². The lowest BCUT2D eigenvalue weighted by Crippen LogP contribution is -2.25. The largest absolute Gasteiger partial charge is 0.337 e. The maximum atomic E-state index is 14.3. The van der Waals surface area contributed by atoms with Crippen molar-refractivity contribution < 1.29 is 4.39 Å². The number of hydrogen-bond acceptors (Lipinski definition) is 3. The molecule has 0 N–H and O–H groups in total. The molecule has 0 aliphatic heterocycles. The van der Waals surface area contributed by atoms with Gasteiger partial charge in [-0.05, 0) is 30.2 Å². The molecule has 4 rings (SSSR count). The van der Waals surface area contributed by atoms with Crippen molar-refractivity contribution in [1.82, 2.24) is 23.6 Å². The van der Waals surface area contributed by atoms with Gasteiger partial charge in [0, 0.05) is 58.2 Å². The van der Waals surface area contributed by atoms with Gasteiger partial charge in [-0.3, -0.25) is 14.0 Å². The van der Waals surface area contributed by atoms with Gasteiger partial charge in [-0.15, -0.1) is 0 Å². The maximum Gasteiger partial charge on any atom is 0.328 e. The van der Waals surface area contributed by atoms with Crippen LogP contribution in [0.15, 0.2) is 66.0 Å². The average Bonchev–Trinajstić information content (AvgIpc) is 3.33. The molecular formula is C23H26FN5O.